The Morgan fingerprint density at radius 1 is 1.11 bits per heavy atom. The molecule has 0 spiro atoms. The Hall–Kier alpha value is -2.27. The van der Waals surface area contributed by atoms with Crippen LogP contribution in [0.15, 0.2) is 48.5 Å². The molecule has 3 rings (SSSR count). The zero-order valence-corrected chi connectivity index (χ0v) is 17.8. The summed E-state index contributed by atoms with van der Waals surface area (Å²) >= 11 is 1.63. The Morgan fingerprint density at radius 2 is 1.75 bits per heavy atom. The highest BCUT2D eigenvalue weighted by molar-refractivity contribution is 8.00. The molecule has 0 saturated carbocycles. The van der Waals surface area contributed by atoms with Gasteiger partial charge in [0.1, 0.15) is 5.37 Å². The maximum absolute atomic E-state index is 12.4. The lowest BCUT2D eigenvalue weighted by Gasteiger charge is -2.25. The standard InChI is InChI=1S/C23H28N2O2S/c1-16-5-11-19(12-6-16)24-20(26)13-14-25-21(27)15-28-22(25)17-7-9-18(10-8-17)23(2,3)4/h5-12,22H,13-15H2,1-4H3,(H,24,26)/t22-/m1/s1. The van der Waals surface area contributed by atoms with Crippen molar-refractivity contribution in [3.63, 3.8) is 0 Å². The summed E-state index contributed by atoms with van der Waals surface area (Å²) in [5.74, 6) is 0.485. The van der Waals surface area contributed by atoms with Gasteiger partial charge in [-0.05, 0) is 35.6 Å². The molecular weight excluding hydrogens is 368 g/mol. The van der Waals surface area contributed by atoms with Gasteiger partial charge in [-0.15, -0.1) is 11.8 Å². The maximum Gasteiger partial charge on any atom is 0.233 e. The van der Waals surface area contributed by atoms with Gasteiger partial charge in [-0.3, -0.25) is 9.59 Å². The highest BCUT2D eigenvalue weighted by Crippen LogP contribution is 2.39. The normalized spacial score (nSPS) is 17.1. The fraction of sp³-hybridized carbons (Fsp3) is 0.391. The first-order valence-electron chi connectivity index (χ1n) is 9.62. The van der Waals surface area contributed by atoms with Gasteiger partial charge in [0.25, 0.3) is 0 Å². The summed E-state index contributed by atoms with van der Waals surface area (Å²) in [6.07, 6.45) is 0.288. The smallest absolute Gasteiger partial charge is 0.233 e. The second-order valence-corrected chi connectivity index (χ2v) is 9.36. The van der Waals surface area contributed by atoms with E-state index in [1.54, 1.807) is 11.8 Å². The van der Waals surface area contributed by atoms with Crippen molar-refractivity contribution in [2.75, 3.05) is 17.6 Å². The summed E-state index contributed by atoms with van der Waals surface area (Å²) in [6.45, 7) is 9.00. The van der Waals surface area contributed by atoms with Crippen molar-refractivity contribution in [2.24, 2.45) is 0 Å². The van der Waals surface area contributed by atoms with Gasteiger partial charge in [0.15, 0.2) is 0 Å². The molecule has 1 aliphatic rings. The predicted molar refractivity (Wildman–Crippen MR) is 116 cm³/mol. The number of benzene rings is 2. The van der Waals surface area contributed by atoms with Gasteiger partial charge >= 0.3 is 0 Å². The summed E-state index contributed by atoms with van der Waals surface area (Å²) in [4.78, 5) is 26.5. The van der Waals surface area contributed by atoms with Crippen LogP contribution in [-0.4, -0.2) is 29.0 Å². The summed E-state index contributed by atoms with van der Waals surface area (Å²) < 4.78 is 0. The van der Waals surface area contributed by atoms with Crippen LogP contribution < -0.4 is 5.32 Å². The SMILES string of the molecule is Cc1ccc(NC(=O)CCN2C(=O)CS[C@@H]2c2ccc(C(C)(C)C)cc2)cc1. The highest BCUT2D eigenvalue weighted by atomic mass is 32.2. The first-order chi connectivity index (χ1) is 13.2. The Bertz CT molecular complexity index is 838. The first kappa shape index (κ1) is 20.5. The van der Waals surface area contributed by atoms with Crippen molar-refractivity contribution < 1.29 is 9.59 Å². The Kier molecular flexibility index (Phi) is 6.14. The summed E-state index contributed by atoms with van der Waals surface area (Å²) in [6, 6.07) is 16.2. The molecule has 0 bridgehead atoms. The van der Waals surface area contributed by atoms with Crippen LogP contribution in [0.4, 0.5) is 5.69 Å². The molecule has 1 saturated heterocycles. The van der Waals surface area contributed by atoms with Crippen LogP contribution in [0.3, 0.4) is 0 Å². The van der Waals surface area contributed by atoms with Gasteiger partial charge in [0.05, 0.1) is 5.75 Å². The third-order valence-corrected chi connectivity index (χ3v) is 6.20. The van der Waals surface area contributed by atoms with E-state index in [2.05, 4.69) is 50.4 Å². The van der Waals surface area contributed by atoms with Crippen LogP contribution in [0.2, 0.25) is 0 Å². The van der Waals surface area contributed by atoms with E-state index in [1.165, 1.54) is 5.56 Å². The second kappa shape index (κ2) is 8.39. The van der Waals surface area contributed by atoms with Crippen molar-refractivity contribution in [3.05, 3.63) is 65.2 Å². The molecule has 2 aromatic rings. The zero-order valence-electron chi connectivity index (χ0n) is 17.0. The van der Waals surface area contributed by atoms with E-state index in [9.17, 15) is 9.59 Å². The molecule has 28 heavy (non-hydrogen) atoms. The molecular formula is C23H28N2O2S. The van der Waals surface area contributed by atoms with E-state index in [4.69, 9.17) is 0 Å². The van der Waals surface area contributed by atoms with Gasteiger partial charge in [-0.25, -0.2) is 0 Å². The third-order valence-electron chi connectivity index (χ3n) is 4.95. The van der Waals surface area contributed by atoms with Gasteiger partial charge in [0, 0.05) is 18.7 Å². The number of carbonyl (C=O) groups excluding carboxylic acids is 2. The minimum Gasteiger partial charge on any atom is -0.326 e. The fourth-order valence-electron chi connectivity index (χ4n) is 3.20. The zero-order chi connectivity index (χ0) is 20.3. The van der Waals surface area contributed by atoms with Crippen LogP contribution in [0.25, 0.3) is 0 Å². The number of nitrogens with zero attached hydrogens (tertiary/aromatic N) is 1. The number of hydrogen-bond acceptors (Lipinski definition) is 3. The average Bonchev–Trinajstić information content (AvgIpc) is 3.02. The van der Waals surface area contributed by atoms with Crippen LogP contribution >= 0.6 is 11.8 Å². The molecule has 5 heteroatoms. The molecule has 1 heterocycles. The van der Waals surface area contributed by atoms with Crippen molar-refractivity contribution >= 4 is 29.3 Å². The lowest BCUT2D eigenvalue weighted by Crippen LogP contribution is -2.31. The lowest BCUT2D eigenvalue weighted by atomic mass is 9.86. The molecule has 4 nitrogen and oxygen atoms in total. The lowest BCUT2D eigenvalue weighted by molar-refractivity contribution is -0.128. The quantitative estimate of drug-likeness (QED) is 0.782. The van der Waals surface area contributed by atoms with Crippen molar-refractivity contribution in [1.29, 1.82) is 0 Å². The molecule has 1 fully saturated rings. The van der Waals surface area contributed by atoms with E-state index in [1.807, 2.05) is 36.1 Å². The van der Waals surface area contributed by atoms with Crippen molar-refractivity contribution in [3.8, 4) is 0 Å². The molecule has 0 unspecified atom stereocenters. The second-order valence-electron chi connectivity index (χ2n) is 8.29. The Morgan fingerprint density at radius 3 is 2.36 bits per heavy atom. The average molecular weight is 397 g/mol. The molecule has 1 aliphatic heterocycles. The number of amides is 2. The fourth-order valence-corrected chi connectivity index (χ4v) is 4.42. The van der Waals surface area contributed by atoms with E-state index in [0.29, 0.717) is 12.3 Å². The monoisotopic (exact) mass is 396 g/mol. The van der Waals surface area contributed by atoms with Crippen LogP contribution in [0.1, 0.15) is 49.3 Å². The predicted octanol–water partition coefficient (Wildman–Crippen LogP) is 4.90. The molecule has 2 aromatic carbocycles. The molecule has 148 valence electrons. The topological polar surface area (TPSA) is 49.4 Å². The van der Waals surface area contributed by atoms with Gasteiger partial charge in [0.2, 0.25) is 11.8 Å². The van der Waals surface area contributed by atoms with Crippen LogP contribution in [0.5, 0.6) is 0 Å². The highest BCUT2D eigenvalue weighted by Gasteiger charge is 2.33. The first-order valence-corrected chi connectivity index (χ1v) is 10.7. The molecule has 0 aromatic heterocycles. The van der Waals surface area contributed by atoms with Gasteiger partial charge < -0.3 is 10.2 Å². The minimum absolute atomic E-state index is 0.0197. The Labute approximate surface area is 171 Å². The molecule has 0 aliphatic carbocycles. The van der Waals surface area contributed by atoms with Crippen molar-refractivity contribution in [2.45, 2.75) is 44.9 Å². The van der Waals surface area contributed by atoms with E-state index < -0.39 is 0 Å². The van der Waals surface area contributed by atoms with Crippen LogP contribution in [0, 0.1) is 6.92 Å². The molecule has 1 atom stereocenters. The largest absolute Gasteiger partial charge is 0.326 e. The minimum atomic E-state index is -0.0737. The number of thioether (sulfide) groups is 1. The molecule has 1 N–H and O–H groups in total. The van der Waals surface area contributed by atoms with Gasteiger partial charge in [-0.2, -0.15) is 0 Å². The van der Waals surface area contributed by atoms with Crippen LogP contribution in [-0.2, 0) is 15.0 Å². The number of anilines is 1. The van der Waals surface area contributed by atoms with E-state index in [0.717, 1.165) is 16.8 Å². The summed E-state index contributed by atoms with van der Waals surface area (Å²) in [5, 5.41) is 2.88. The summed E-state index contributed by atoms with van der Waals surface area (Å²) in [7, 11) is 0. The van der Waals surface area contributed by atoms with Gasteiger partial charge in [-0.1, -0.05) is 62.7 Å². The Balaban J connectivity index is 1.62. The maximum atomic E-state index is 12.4. The van der Waals surface area contributed by atoms with E-state index >= 15 is 0 Å². The van der Waals surface area contributed by atoms with Crippen molar-refractivity contribution in [1.82, 2.24) is 4.90 Å². The number of aryl methyl sites for hydroxylation is 1. The van der Waals surface area contributed by atoms with E-state index in [-0.39, 0.29) is 29.0 Å². The summed E-state index contributed by atoms with van der Waals surface area (Å²) in [5.41, 5.74) is 4.42. The number of hydrogen-bond donors (Lipinski definition) is 1. The third kappa shape index (κ3) is 4.96. The number of carbonyl (C=O) groups is 2. The molecule has 0 radical (unpaired) electrons. The number of rotatable bonds is 5. The number of nitrogens with one attached hydrogen (secondary N) is 1. The molecule has 2 amide bonds.